The van der Waals surface area contributed by atoms with Gasteiger partial charge in [0.1, 0.15) is 11.3 Å². The van der Waals surface area contributed by atoms with Crippen LogP contribution in [0.3, 0.4) is 0 Å². The largest absolute Gasteiger partial charge is 0.393 e. The van der Waals surface area contributed by atoms with Crippen molar-refractivity contribution in [3.8, 4) is 0 Å². The van der Waals surface area contributed by atoms with Gasteiger partial charge in [0.15, 0.2) is 11.2 Å². The molecular weight excluding hydrogens is 283 g/mol. The Kier molecular flexibility index (Phi) is 2.91. The molecule has 1 aliphatic rings. The van der Waals surface area contributed by atoms with E-state index in [0.717, 1.165) is 0 Å². The van der Waals surface area contributed by atoms with Gasteiger partial charge in [-0.15, -0.1) is 0 Å². The van der Waals surface area contributed by atoms with Crippen LogP contribution in [0.4, 0.5) is 4.39 Å². The fourth-order valence-electron chi connectivity index (χ4n) is 2.70. The predicted molar refractivity (Wildman–Crippen MR) is 69.0 cm³/mol. The molecule has 0 aliphatic carbocycles. The summed E-state index contributed by atoms with van der Waals surface area (Å²) in [7, 11) is 0. The minimum absolute atomic E-state index is 0.0201. The Morgan fingerprint density at radius 1 is 1.62 bits per heavy atom. The van der Waals surface area contributed by atoms with E-state index in [-0.39, 0.29) is 24.2 Å². The number of aliphatic hydroxyl groups is 2. The van der Waals surface area contributed by atoms with Gasteiger partial charge >= 0.3 is 0 Å². The number of aromatic nitrogens is 4. The smallest absolute Gasteiger partial charge is 0.291 e. The Hall–Kier alpha value is -1.84. The Morgan fingerprint density at radius 2 is 2.33 bits per heavy atom. The van der Waals surface area contributed by atoms with Crippen molar-refractivity contribution in [1.29, 1.82) is 0 Å². The fourth-order valence-corrected chi connectivity index (χ4v) is 2.70. The van der Waals surface area contributed by atoms with Crippen LogP contribution in [0.2, 0.25) is 0 Å². The summed E-state index contributed by atoms with van der Waals surface area (Å²) in [5.41, 5.74) is -2.94. The highest BCUT2D eigenvalue weighted by Crippen LogP contribution is 2.41. The number of H-pyrrole nitrogens is 1. The van der Waals surface area contributed by atoms with E-state index in [1.807, 2.05) is 4.98 Å². The van der Waals surface area contributed by atoms with E-state index in [9.17, 15) is 19.4 Å². The number of nitrogens with one attached hydrogen (secondary N) is 1. The molecule has 0 saturated carbocycles. The molecule has 1 fully saturated rings. The molecule has 0 aromatic carbocycles. The molecule has 114 valence electrons. The highest BCUT2D eigenvalue weighted by Gasteiger charge is 2.52. The van der Waals surface area contributed by atoms with E-state index in [0.29, 0.717) is 0 Å². The van der Waals surface area contributed by atoms with Gasteiger partial charge < -0.3 is 14.9 Å². The molecule has 3 rings (SSSR count). The molecule has 9 heteroatoms. The standard InChI is InChI=1S/C12H15FN4O4/c1-11(4-18)6(19)3-12(2,21-11)17-5-14-7-8(17)15-10(13)16-9(7)20/h5-6,18-19H,3-4H2,1-2H3,(H,15,16,20). The van der Waals surface area contributed by atoms with Gasteiger partial charge in [-0.2, -0.15) is 9.37 Å². The first-order valence-electron chi connectivity index (χ1n) is 6.41. The molecule has 1 aliphatic heterocycles. The maximum Gasteiger partial charge on any atom is 0.291 e. The number of nitrogens with zero attached hydrogens (tertiary/aromatic N) is 3. The van der Waals surface area contributed by atoms with E-state index in [1.54, 1.807) is 13.8 Å². The van der Waals surface area contributed by atoms with Crippen LogP contribution >= 0.6 is 0 Å². The van der Waals surface area contributed by atoms with Crippen molar-refractivity contribution in [3.63, 3.8) is 0 Å². The summed E-state index contributed by atoms with van der Waals surface area (Å²) >= 11 is 0. The summed E-state index contributed by atoms with van der Waals surface area (Å²) in [6, 6.07) is 0. The Balaban J connectivity index is 2.15. The number of hydrogen-bond donors (Lipinski definition) is 3. The van der Waals surface area contributed by atoms with Crippen LogP contribution < -0.4 is 5.56 Å². The van der Waals surface area contributed by atoms with E-state index >= 15 is 0 Å². The third-order valence-electron chi connectivity index (χ3n) is 3.93. The van der Waals surface area contributed by atoms with Gasteiger partial charge in [-0.05, 0) is 13.8 Å². The number of fused-ring (bicyclic) bond motifs is 1. The second-order valence-corrected chi connectivity index (χ2v) is 5.61. The van der Waals surface area contributed by atoms with Crippen LogP contribution in [0, 0.1) is 6.08 Å². The van der Waals surface area contributed by atoms with Gasteiger partial charge in [-0.1, -0.05) is 0 Å². The van der Waals surface area contributed by atoms with E-state index in [1.165, 1.54) is 10.9 Å². The average Bonchev–Trinajstić information content (AvgIpc) is 2.91. The van der Waals surface area contributed by atoms with Gasteiger partial charge in [0.2, 0.25) is 0 Å². The molecule has 1 saturated heterocycles. The fraction of sp³-hybridized carbons (Fsp3) is 0.583. The first-order chi connectivity index (χ1) is 9.79. The Labute approximate surface area is 118 Å². The summed E-state index contributed by atoms with van der Waals surface area (Å²) < 4.78 is 20.5. The number of aliphatic hydroxyl groups excluding tert-OH is 2. The lowest BCUT2D eigenvalue weighted by molar-refractivity contribution is -0.159. The van der Waals surface area contributed by atoms with Crippen LogP contribution in [0.1, 0.15) is 20.3 Å². The number of halogens is 1. The first-order valence-corrected chi connectivity index (χ1v) is 6.41. The Bertz CT molecular complexity index is 759. The van der Waals surface area contributed by atoms with Crippen molar-refractivity contribution in [3.05, 3.63) is 22.8 Å². The van der Waals surface area contributed by atoms with Crippen molar-refractivity contribution in [2.24, 2.45) is 0 Å². The molecule has 3 atom stereocenters. The zero-order valence-electron chi connectivity index (χ0n) is 11.5. The predicted octanol–water partition coefficient (Wildman–Crippen LogP) is -0.536. The summed E-state index contributed by atoms with van der Waals surface area (Å²) in [5.74, 6) is 0. The maximum absolute atomic E-state index is 13.3. The Morgan fingerprint density at radius 3 is 2.95 bits per heavy atom. The molecule has 0 bridgehead atoms. The summed E-state index contributed by atoms with van der Waals surface area (Å²) in [4.78, 5) is 21.1. The molecule has 3 heterocycles. The second-order valence-electron chi connectivity index (χ2n) is 5.61. The van der Waals surface area contributed by atoms with Gasteiger partial charge in [0.25, 0.3) is 11.6 Å². The molecule has 21 heavy (non-hydrogen) atoms. The number of hydrogen-bond acceptors (Lipinski definition) is 6. The number of rotatable bonds is 2. The number of imidazole rings is 1. The quantitative estimate of drug-likeness (QED) is 0.642. The zero-order valence-corrected chi connectivity index (χ0v) is 11.5. The van der Waals surface area contributed by atoms with Crippen LogP contribution in [0.5, 0.6) is 0 Å². The van der Waals surface area contributed by atoms with Crippen molar-refractivity contribution < 1.29 is 19.3 Å². The minimum atomic E-state index is -1.15. The average molecular weight is 298 g/mol. The lowest BCUT2D eigenvalue weighted by atomic mass is 9.99. The molecule has 3 N–H and O–H groups in total. The van der Waals surface area contributed by atoms with E-state index in [4.69, 9.17) is 4.74 Å². The highest BCUT2D eigenvalue weighted by atomic mass is 19.1. The van der Waals surface area contributed by atoms with Crippen LogP contribution in [0.15, 0.2) is 11.1 Å². The molecule has 0 radical (unpaired) electrons. The van der Waals surface area contributed by atoms with E-state index < -0.39 is 29.1 Å². The molecule has 2 aromatic heterocycles. The monoisotopic (exact) mass is 298 g/mol. The summed E-state index contributed by atoms with van der Waals surface area (Å²) in [6.45, 7) is 2.85. The summed E-state index contributed by atoms with van der Waals surface area (Å²) in [6.07, 6.45) is -0.494. The number of aromatic amines is 1. The molecule has 0 amide bonds. The molecule has 3 unspecified atom stereocenters. The highest BCUT2D eigenvalue weighted by molar-refractivity contribution is 5.69. The van der Waals surface area contributed by atoms with Crippen LogP contribution in [-0.4, -0.2) is 48.0 Å². The number of ether oxygens (including phenoxy) is 1. The molecule has 0 spiro atoms. The third kappa shape index (κ3) is 1.96. The van der Waals surface area contributed by atoms with Gasteiger partial charge in [0.05, 0.1) is 19.0 Å². The van der Waals surface area contributed by atoms with Crippen molar-refractivity contribution >= 4 is 11.2 Å². The molecular formula is C12H15FN4O4. The van der Waals surface area contributed by atoms with Crippen molar-refractivity contribution in [2.75, 3.05) is 6.61 Å². The van der Waals surface area contributed by atoms with Crippen molar-refractivity contribution in [2.45, 2.75) is 37.7 Å². The maximum atomic E-state index is 13.3. The summed E-state index contributed by atoms with van der Waals surface area (Å²) in [5, 5.41) is 19.5. The van der Waals surface area contributed by atoms with Crippen LogP contribution in [-0.2, 0) is 10.5 Å². The van der Waals surface area contributed by atoms with Gasteiger partial charge in [-0.3, -0.25) is 14.3 Å². The van der Waals surface area contributed by atoms with E-state index in [2.05, 4.69) is 9.97 Å². The third-order valence-corrected chi connectivity index (χ3v) is 3.93. The van der Waals surface area contributed by atoms with Crippen LogP contribution in [0.25, 0.3) is 11.2 Å². The molecule has 2 aromatic rings. The lowest BCUT2D eigenvalue weighted by Crippen LogP contribution is -2.41. The normalized spacial score (nSPS) is 32.9. The van der Waals surface area contributed by atoms with Crippen molar-refractivity contribution in [1.82, 2.24) is 19.5 Å². The van der Waals surface area contributed by atoms with Gasteiger partial charge in [-0.25, -0.2) is 4.98 Å². The zero-order chi connectivity index (χ0) is 15.4. The topological polar surface area (TPSA) is 113 Å². The first kappa shape index (κ1) is 14.1. The van der Waals surface area contributed by atoms with Gasteiger partial charge in [0, 0.05) is 6.42 Å². The molecule has 8 nitrogen and oxygen atoms in total. The second kappa shape index (κ2) is 4.33. The minimum Gasteiger partial charge on any atom is -0.393 e. The SMILES string of the molecule is CC1(CO)OC(C)(n2cnc3c(=O)[nH]c(F)nc32)CC1O. The lowest BCUT2D eigenvalue weighted by Gasteiger charge is -2.30.